The van der Waals surface area contributed by atoms with Gasteiger partial charge in [0.25, 0.3) is 0 Å². The van der Waals surface area contributed by atoms with Gasteiger partial charge in [-0.05, 0) is 19.3 Å². The van der Waals surface area contributed by atoms with E-state index in [2.05, 4.69) is 14.7 Å². The van der Waals surface area contributed by atoms with Gasteiger partial charge < -0.3 is 4.74 Å². The Hall–Kier alpha value is -1.21. The van der Waals surface area contributed by atoms with E-state index in [0.29, 0.717) is 18.1 Å². The molecule has 118 valence electrons. The summed E-state index contributed by atoms with van der Waals surface area (Å²) in [5.74, 6) is 0.662. The normalized spacial score (nSPS) is 20.2. The molecule has 0 bridgehead atoms. The number of hydrogen-bond acceptors (Lipinski definition) is 5. The van der Waals surface area contributed by atoms with E-state index in [-0.39, 0.29) is 17.3 Å². The number of sulfonamides is 1. The van der Waals surface area contributed by atoms with Gasteiger partial charge in [0, 0.05) is 12.0 Å². The topological polar surface area (TPSA) is 81.2 Å². The zero-order chi connectivity index (χ0) is 15.5. The van der Waals surface area contributed by atoms with E-state index in [4.69, 9.17) is 4.74 Å². The Morgan fingerprint density at radius 1 is 1.29 bits per heavy atom. The summed E-state index contributed by atoms with van der Waals surface area (Å²) < 4.78 is 32.2. The standard InChI is InChI=1S/C14H23N3O3S/c1-14(2,3)13-15-8-11(9-16-13)17-21(18,19)10-12-6-4-5-7-20-12/h8-9,12,17H,4-7,10H2,1-3H3. The van der Waals surface area contributed by atoms with Crippen molar-refractivity contribution in [3.05, 3.63) is 18.2 Å². The SMILES string of the molecule is CC(C)(C)c1ncc(NS(=O)(=O)CC2CCCCO2)cn1. The maximum absolute atomic E-state index is 12.1. The van der Waals surface area contributed by atoms with Crippen LogP contribution in [-0.4, -0.2) is 36.8 Å². The van der Waals surface area contributed by atoms with Crippen molar-refractivity contribution in [1.29, 1.82) is 0 Å². The van der Waals surface area contributed by atoms with Gasteiger partial charge in [-0.2, -0.15) is 0 Å². The van der Waals surface area contributed by atoms with Crippen LogP contribution in [0.15, 0.2) is 12.4 Å². The van der Waals surface area contributed by atoms with Gasteiger partial charge in [0.05, 0.1) is 29.9 Å². The molecule has 0 spiro atoms. The van der Waals surface area contributed by atoms with Gasteiger partial charge in [-0.25, -0.2) is 18.4 Å². The van der Waals surface area contributed by atoms with Crippen LogP contribution in [0.4, 0.5) is 5.69 Å². The van der Waals surface area contributed by atoms with Crippen LogP contribution in [0.3, 0.4) is 0 Å². The highest BCUT2D eigenvalue weighted by Crippen LogP contribution is 2.19. The Labute approximate surface area is 126 Å². The summed E-state index contributed by atoms with van der Waals surface area (Å²) in [7, 11) is -3.44. The van der Waals surface area contributed by atoms with Crippen molar-refractivity contribution < 1.29 is 13.2 Å². The maximum Gasteiger partial charge on any atom is 0.235 e. The van der Waals surface area contributed by atoms with E-state index in [1.54, 1.807) is 0 Å². The molecule has 1 unspecified atom stereocenters. The molecule has 1 fully saturated rings. The second-order valence-corrected chi connectivity index (χ2v) is 8.18. The largest absolute Gasteiger partial charge is 0.377 e. The molecule has 0 saturated carbocycles. The molecule has 0 amide bonds. The summed E-state index contributed by atoms with van der Waals surface area (Å²) in [5, 5.41) is 0. The first-order valence-corrected chi connectivity index (χ1v) is 8.86. The average molecular weight is 313 g/mol. The van der Waals surface area contributed by atoms with Crippen molar-refractivity contribution in [2.24, 2.45) is 0 Å². The van der Waals surface area contributed by atoms with Crippen LogP contribution in [0.25, 0.3) is 0 Å². The fourth-order valence-electron chi connectivity index (χ4n) is 2.17. The minimum Gasteiger partial charge on any atom is -0.377 e. The molecular formula is C14H23N3O3S. The highest BCUT2D eigenvalue weighted by atomic mass is 32.2. The van der Waals surface area contributed by atoms with Gasteiger partial charge in [-0.1, -0.05) is 20.8 Å². The fraction of sp³-hybridized carbons (Fsp3) is 0.714. The third kappa shape index (κ3) is 4.93. The van der Waals surface area contributed by atoms with Crippen LogP contribution in [0.1, 0.15) is 45.9 Å². The van der Waals surface area contributed by atoms with Crippen LogP contribution in [0, 0.1) is 0 Å². The van der Waals surface area contributed by atoms with Crippen LogP contribution in [0.5, 0.6) is 0 Å². The van der Waals surface area contributed by atoms with Gasteiger partial charge in [0.1, 0.15) is 5.82 Å². The summed E-state index contributed by atoms with van der Waals surface area (Å²) in [6, 6.07) is 0. The molecule has 1 aromatic rings. The Kier molecular flexibility index (Phi) is 4.83. The molecule has 1 N–H and O–H groups in total. The van der Waals surface area contributed by atoms with Crippen molar-refractivity contribution in [3.63, 3.8) is 0 Å². The van der Waals surface area contributed by atoms with Crippen LogP contribution in [-0.2, 0) is 20.2 Å². The van der Waals surface area contributed by atoms with Crippen LogP contribution < -0.4 is 4.72 Å². The molecule has 0 aliphatic carbocycles. The summed E-state index contributed by atoms with van der Waals surface area (Å²) in [6.07, 6.45) is 5.61. The Bertz CT molecular complexity index is 558. The molecule has 1 atom stereocenters. The molecule has 7 heteroatoms. The number of nitrogens with one attached hydrogen (secondary N) is 1. The number of rotatable bonds is 4. The molecule has 6 nitrogen and oxygen atoms in total. The van der Waals surface area contributed by atoms with E-state index < -0.39 is 10.0 Å². The van der Waals surface area contributed by atoms with Gasteiger partial charge in [-0.15, -0.1) is 0 Å². The third-order valence-electron chi connectivity index (χ3n) is 3.28. The minimum atomic E-state index is -3.44. The number of ether oxygens (including phenoxy) is 1. The van der Waals surface area contributed by atoms with E-state index in [1.807, 2.05) is 20.8 Å². The monoisotopic (exact) mass is 313 g/mol. The molecule has 1 aromatic heterocycles. The summed E-state index contributed by atoms with van der Waals surface area (Å²) in [4.78, 5) is 8.42. The number of nitrogens with zero attached hydrogens (tertiary/aromatic N) is 2. The number of hydrogen-bond donors (Lipinski definition) is 1. The lowest BCUT2D eigenvalue weighted by Crippen LogP contribution is -2.31. The van der Waals surface area contributed by atoms with E-state index in [9.17, 15) is 8.42 Å². The highest BCUT2D eigenvalue weighted by molar-refractivity contribution is 7.92. The molecule has 21 heavy (non-hydrogen) atoms. The lowest BCUT2D eigenvalue weighted by molar-refractivity contribution is 0.0306. The smallest absolute Gasteiger partial charge is 0.235 e. The average Bonchev–Trinajstić information content (AvgIpc) is 2.38. The Balaban J connectivity index is 1.99. The van der Waals surface area contributed by atoms with Crippen molar-refractivity contribution in [2.75, 3.05) is 17.1 Å². The summed E-state index contributed by atoms with van der Waals surface area (Å²) in [5.41, 5.74) is 0.228. The second-order valence-electron chi connectivity index (χ2n) is 6.42. The maximum atomic E-state index is 12.1. The third-order valence-corrected chi connectivity index (χ3v) is 4.63. The molecule has 0 aromatic carbocycles. The molecular weight excluding hydrogens is 290 g/mol. The summed E-state index contributed by atoms with van der Waals surface area (Å²) in [6.45, 7) is 6.66. The Morgan fingerprint density at radius 3 is 2.48 bits per heavy atom. The summed E-state index contributed by atoms with van der Waals surface area (Å²) >= 11 is 0. The molecule has 1 saturated heterocycles. The van der Waals surface area contributed by atoms with Crippen LogP contribution in [0.2, 0.25) is 0 Å². The zero-order valence-electron chi connectivity index (χ0n) is 12.8. The highest BCUT2D eigenvalue weighted by Gasteiger charge is 2.23. The quantitative estimate of drug-likeness (QED) is 0.920. The molecule has 1 aliphatic heterocycles. The lowest BCUT2D eigenvalue weighted by atomic mass is 9.96. The predicted octanol–water partition coefficient (Wildman–Crippen LogP) is 2.08. The van der Waals surface area contributed by atoms with Gasteiger partial charge in [0.15, 0.2) is 0 Å². The number of aromatic nitrogens is 2. The van der Waals surface area contributed by atoms with Crippen molar-refractivity contribution in [2.45, 2.75) is 51.6 Å². The zero-order valence-corrected chi connectivity index (χ0v) is 13.6. The lowest BCUT2D eigenvalue weighted by Gasteiger charge is -2.22. The van der Waals surface area contributed by atoms with Gasteiger partial charge >= 0.3 is 0 Å². The van der Waals surface area contributed by atoms with Gasteiger partial charge in [-0.3, -0.25) is 4.72 Å². The minimum absolute atomic E-state index is 0.0198. The van der Waals surface area contributed by atoms with E-state index >= 15 is 0 Å². The molecule has 0 radical (unpaired) electrons. The predicted molar refractivity (Wildman–Crippen MR) is 81.7 cm³/mol. The Morgan fingerprint density at radius 2 is 1.95 bits per heavy atom. The first-order valence-electron chi connectivity index (χ1n) is 7.21. The molecule has 2 rings (SSSR count). The molecule has 1 aliphatic rings. The van der Waals surface area contributed by atoms with Crippen LogP contribution >= 0.6 is 0 Å². The van der Waals surface area contributed by atoms with E-state index in [1.165, 1.54) is 12.4 Å². The van der Waals surface area contributed by atoms with Crippen molar-refractivity contribution in [1.82, 2.24) is 9.97 Å². The first kappa shape index (κ1) is 16.2. The molecule has 2 heterocycles. The first-order chi connectivity index (χ1) is 9.76. The van der Waals surface area contributed by atoms with Crippen molar-refractivity contribution in [3.8, 4) is 0 Å². The number of anilines is 1. The van der Waals surface area contributed by atoms with E-state index in [0.717, 1.165) is 19.3 Å². The fourth-order valence-corrected chi connectivity index (χ4v) is 3.47. The second kappa shape index (κ2) is 6.27. The van der Waals surface area contributed by atoms with Gasteiger partial charge in [0.2, 0.25) is 10.0 Å². The van der Waals surface area contributed by atoms with Crippen molar-refractivity contribution >= 4 is 15.7 Å².